The quantitative estimate of drug-likeness (QED) is 0.939. The van der Waals surface area contributed by atoms with Crippen molar-refractivity contribution in [3.05, 3.63) is 40.7 Å². The summed E-state index contributed by atoms with van der Waals surface area (Å²) in [4.78, 5) is 9.66. The fraction of sp³-hybridized carbons (Fsp3) is 0.412. The Balaban J connectivity index is 1.81. The number of hydrogen-bond acceptors (Lipinski definition) is 4. The van der Waals surface area contributed by atoms with Crippen LogP contribution in [0.15, 0.2) is 18.2 Å². The van der Waals surface area contributed by atoms with E-state index in [2.05, 4.69) is 18.3 Å². The summed E-state index contributed by atoms with van der Waals surface area (Å²) in [6.45, 7) is 3.84. The van der Waals surface area contributed by atoms with Crippen molar-refractivity contribution in [3.63, 3.8) is 0 Å². The second-order valence-electron chi connectivity index (χ2n) is 5.92. The van der Waals surface area contributed by atoms with Crippen LogP contribution in [-0.2, 0) is 13.1 Å². The first-order valence-electron chi connectivity index (χ1n) is 7.51. The zero-order chi connectivity index (χ0) is 14.4. The van der Waals surface area contributed by atoms with Gasteiger partial charge in [0, 0.05) is 30.1 Å². The molecular weight excluding hydrogens is 262 g/mol. The predicted molar refractivity (Wildman–Crippen MR) is 81.3 cm³/mol. The lowest BCUT2D eigenvalue weighted by molar-refractivity contribution is 0.412. The van der Waals surface area contributed by atoms with Crippen molar-refractivity contribution in [2.24, 2.45) is 0 Å². The smallest absolute Gasteiger partial charge is 0.159 e. The molecule has 1 aromatic carbocycles. The SMILES string of the molecule is COc1ccc(-c2nc3c(c(C4CC4)n2)CNC3)cc1C. The molecule has 2 aromatic rings. The highest BCUT2D eigenvalue weighted by molar-refractivity contribution is 5.60. The second-order valence-corrected chi connectivity index (χ2v) is 5.92. The van der Waals surface area contributed by atoms with Crippen LogP contribution in [0.2, 0.25) is 0 Å². The first-order valence-corrected chi connectivity index (χ1v) is 7.51. The molecule has 4 rings (SSSR count). The van der Waals surface area contributed by atoms with E-state index in [9.17, 15) is 0 Å². The van der Waals surface area contributed by atoms with Gasteiger partial charge in [-0.2, -0.15) is 0 Å². The van der Waals surface area contributed by atoms with Crippen molar-refractivity contribution in [2.45, 2.75) is 38.8 Å². The molecule has 0 saturated heterocycles. The van der Waals surface area contributed by atoms with E-state index in [1.165, 1.54) is 29.8 Å². The zero-order valence-corrected chi connectivity index (χ0v) is 12.4. The molecule has 0 bridgehead atoms. The standard InChI is InChI=1S/C17H19N3O/c1-10-7-12(5-6-15(10)21-2)17-19-14-9-18-8-13(14)16(20-17)11-3-4-11/h5-7,11,18H,3-4,8-9H2,1-2H3. The Bertz CT molecular complexity index is 707. The van der Waals surface area contributed by atoms with Crippen molar-refractivity contribution < 1.29 is 4.74 Å². The Morgan fingerprint density at radius 2 is 2.05 bits per heavy atom. The minimum absolute atomic E-state index is 0.653. The Hall–Kier alpha value is -1.94. The van der Waals surface area contributed by atoms with Crippen molar-refractivity contribution >= 4 is 0 Å². The van der Waals surface area contributed by atoms with Crippen LogP contribution >= 0.6 is 0 Å². The summed E-state index contributed by atoms with van der Waals surface area (Å²) in [6, 6.07) is 6.16. The van der Waals surface area contributed by atoms with Gasteiger partial charge in [-0.15, -0.1) is 0 Å². The third-order valence-corrected chi connectivity index (χ3v) is 4.34. The fourth-order valence-electron chi connectivity index (χ4n) is 3.04. The zero-order valence-electron chi connectivity index (χ0n) is 12.4. The van der Waals surface area contributed by atoms with Gasteiger partial charge in [-0.05, 0) is 43.5 Å². The van der Waals surface area contributed by atoms with Crippen molar-refractivity contribution in [1.82, 2.24) is 15.3 Å². The minimum atomic E-state index is 0.653. The minimum Gasteiger partial charge on any atom is -0.496 e. The van der Waals surface area contributed by atoms with E-state index in [0.717, 1.165) is 35.8 Å². The summed E-state index contributed by atoms with van der Waals surface area (Å²) in [6.07, 6.45) is 2.54. The van der Waals surface area contributed by atoms with E-state index in [-0.39, 0.29) is 0 Å². The molecule has 1 aliphatic carbocycles. The summed E-state index contributed by atoms with van der Waals surface area (Å²) in [5, 5.41) is 3.40. The third kappa shape index (κ3) is 2.20. The van der Waals surface area contributed by atoms with Crippen LogP contribution in [-0.4, -0.2) is 17.1 Å². The van der Waals surface area contributed by atoms with Gasteiger partial charge in [0.15, 0.2) is 5.82 Å². The van der Waals surface area contributed by atoms with Crippen molar-refractivity contribution in [1.29, 1.82) is 0 Å². The number of aryl methyl sites for hydroxylation is 1. The van der Waals surface area contributed by atoms with E-state index in [1.54, 1.807) is 7.11 Å². The molecule has 1 fully saturated rings. The monoisotopic (exact) mass is 281 g/mol. The van der Waals surface area contributed by atoms with Gasteiger partial charge in [0.2, 0.25) is 0 Å². The van der Waals surface area contributed by atoms with Gasteiger partial charge in [0.05, 0.1) is 18.5 Å². The van der Waals surface area contributed by atoms with E-state index < -0.39 is 0 Å². The number of nitrogens with one attached hydrogen (secondary N) is 1. The molecule has 1 aromatic heterocycles. The first-order chi connectivity index (χ1) is 10.3. The third-order valence-electron chi connectivity index (χ3n) is 4.34. The summed E-state index contributed by atoms with van der Waals surface area (Å²) >= 11 is 0. The van der Waals surface area contributed by atoms with Gasteiger partial charge in [-0.3, -0.25) is 0 Å². The van der Waals surface area contributed by atoms with Crippen LogP contribution in [0.1, 0.15) is 41.3 Å². The summed E-state index contributed by atoms with van der Waals surface area (Å²) in [7, 11) is 1.70. The molecule has 0 atom stereocenters. The summed E-state index contributed by atoms with van der Waals surface area (Å²) in [5.74, 6) is 2.41. The maximum absolute atomic E-state index is 5.33. The molecule has 1 N–H and O–H groups in total. The Morgan fingerprint density at radius 1 is 1.19 bits per heavy atom. The van der Waals surface area contributed by atoms with Crippen molar-refractivity contribution in [3.8, 4) is 17.1 Å². The Morgan fingerprint density at radius 3 is 2.76 bits per heavy atom. The van der Waals surface area contributed by atoms with Gasteiger partial charge in [0.1, 0.15) is 5.75 Å². The maximum atomic E-state index is 5.33. The molecule has 1 aliphatic heterocycles. The van der Waals surface area contributed by atoms with E-state index in [0.29, 0.717) is 5.92 Å². The van der Waals surface area contributed by atoms with Crippen LogP contribution in [0.3, 0.4) is 0 Å². The van der Waals surface area contributed by atoms with E-state index in [4.69, 9.17) is 14.7 Å². The normalized spacial score (nSPS) is 16.9. The lowest BCUT2D eigenvalue weighted by Gasteiger charge is -2.10. The molecule has 0 unspecified atom stereocenters. The average Bonchev–Trinajstić information content (AvgIpc) is 3.23. The van der Waals surface area contributed by atoms with Gasteiger partial charge < -0.3 is 10.1 Å². The predicted octanol–water partition coefficient (Wildman–Crippen LogP) is 2.94. The lowest BCUT2D eigenvalue weighted by atomic mass is 10.1. The number of fused-ring (bicyclic) bond motifs is 1. The maximum Gasteiger partial charge on any atom is 0.159 e. The van der Waals surface area contributed by atoms with Crippen LogP contribution in [0.5, 0.6) is 5.75 Å². The van der Waals surface area contributed by atoms with Gasteiger partial charge in [0.25, 0.3) is 0 Å². The molecule has 21 heavy (non-hydrogen) atoms. The number of nitrogens with zero attached hydrogens (tertiary/aromatic N) is 2. The van der Waals surface area contributed by atoms with E-state index in [1.807, 2.05) is 12.1 Å². The second kappa shape index (κ2) is 4.81. The molecular formula is C17H19N3O. The average molecular weight is 281 g/mol. The molecule has 4 heteroatoms. The molecule has 1 saturated carbocycles. The number of benzene rings is 1. The molecule has 108 valence electrons. The summed E-state index contributed by atoms with van der Waals surface area (Å²) in [5.41, 5.74) is 5.98. The number of aromatic nitrogens is 2. The molecule has 0 radical (unpaired) electrons. The van der Waals surface area contributed by atoms with Gasteiger partial charge in [-0.1, -0.05) is 0 Å². The van der Waals surface area contributed by atoms with Crippen LogP contribution in [0, 0.1) is 6.92 Å². The molecule has 2 heterocycles. The van der Waals surface area contributed by atoms with E-state index >= 15 is 0 Å². The van der Waals surface area contributed by atoms with Crippen LogP contribution in [0.25, 0.3) is 11.4 Å². The topological polar surface area (TPSA) is 47.0 Å². The summed E-state index contributed by atoms with van der Waals surface area (Å²) < 4.78 is 5.33. The lowest BCUT2D eigenvalue weighted by Crippen LogP contribution is -2.03. The van der Waals surface area contributed by atoms with Gasteiger partial charge >= 0.3 is 0 Å². The Kier molecular flexibility index (Phi) is 2.93. The van der Waals surface area contributed by atoms with Crippen LogP contribution in [0.4, 0.5) is 0 Å². The molecule has 0 amide bonds. The number of methoxy groups -OCH3 is 1. The first kappa shape index (κ1) is 12.8. The Labute approximate surface area is 124 Å². The van der Waals surface area contributed by atoms with Gasteiger partial charge in [-0.25, -0.2) is 9.97 Å². The highest BCUT2D eigenvalue weighted by atomic mass is 16.5. The number of rotatable bonds is 3. The highest BCUT2D eigenvalue weighted by Crippen LogP contribution is 2.42. The highest BCUT2D eigenvalue weighted by Gasteiger charge is 2.31. The fourth-order valence-corrected chi connectivity index (χ4v) is 3.04. The molecule has 2 aliphatic rings. The largest absolute Gasteiger partial charge is 0.496 e. The number of hydrogen-bond donors (Lipinski definition) is 1. The molecule has 4 nitrogen and oxygen atoms in total. The van der Waals surface area contributed by atoms with Crippen molar-refractivity contribution in [2.75, 3.05) is 7.11 Å². The molecule has 0 spiro atoms. The number of ether oxygens (including phenoxy) is 1. The van der Waals surface area contributed by atoms with Crippen LogP contribution < -0.4 is 10.1 Å².